The number of benzene rings is 2. The number of amides is 1. The SMILES string of the molecule is COc1ccc(Br)c(C(=O)N[C@H](C)Cc2cc3ccccc3o2)c1. The topological polar surface area (TPSA) is 51.5 Å². The fourth-order valence-electron chi connectivity index (χ4n) is 2.60. The van der Waals surface area contributed by atoms with E-state index in [0.29, 0.717) is 17.7 Å². The molecule has 124 valence electrons. The fourth-order valence-corrected chi connectivity index (χ4v) is 3.02. The number of ether oxygens (including phenoxy) is 1. The Bertz CT molecular complexity index is 839. The Balaban J connectivity index is 1.70. The number of furan rings is 1. The Morgan fingerprint density at radius 1 is 1.25 bits per heavy atom. The van der Waals surface area contributed by atoms with Crippen molar-refractivity contribution in [1.82, 2.24) is 5.32 Å². The van der Waals surface area contributed by atoms with Gasteiger partial charge in [-0.25, -0.2) is 0 Å². The van der Waals surface area contributed by atoms with E-state index in [9.17, 15) is 4.79 Å². The first kappa shape index (κ1) is 16.6. The van der Waals surface area contributed by atoms with Gasteiger partial charge in [0.25, 0.3) is 5.91 Å². The Morgan fingerprint density at radius 3 is 2.79 bits per heavy atom. The van der Waals surface area contributed by atoms with Gasteiger partial charge in [0.15, 0.2) is 0 Å². The summed E-state index contributed by atoms with van der Waals surface area (Å²) in [6.07, 6.45) is 0.627. The van der Waals surface area contributed by atoms with Crippen molar-refractivity contribution in [3.05, 3.63) is 64.3 Å². The summed E-state index contributed by atoms with van der Waals surface area (Å²) >= 11 is 3.41. The van der Waals surface area contributed by atoms with Crippen LogP contribution < -0.4 is 10.1 Å². The Hall–Kier alpha value is -2.27. The number of carbonyl (C=O) groups is 1. The molecule has 0 bridgehead atoms. The van der Waals surface area contributed by atoms with Crippen LogP contribution in [0.25, 0.3) is 11.0 Å². The van der Waals surface area contributed by atoms with Gasteiger partial charge in [-0.15, -0.1) is 0 Å². The van der Waals surface area contributed by atoms with Gasteiger partial charge in [0.2, 0.25) is 0 Å². The summed E-state index contributed by atoms with van der Waals surface area (Å²) in [6, 6.07) is 15.2. The van der Waals surface area contributed by atoms with Gasteiger partial charge in [0.05, 0.1) is 12.7 Å². The minimum atomic E-state index is -0.149. The molecule has 0 saturated carbocycles. The van der Waals surface area contributed by atoms with E-state index < -0.39 is 0 Å². The van der Waals surface area contributed by atoms with Gasteiger partial charge >= 0.3 is 0 Å². The highest BCUT2D eigenvalue weighted by atomic mass is 79.9. The molecule has 1 heterocycles. The third kappa shape index (κ3) is 3.62. The molecule has 0 fully saturated rings. The third-order valence-corrected chi connectivity index (χ3v) is 4.47. The molecule has 1 N–H and O–H groups in total. The van der Waals surface area contributed by atoms with Crippen LogP contribution in [-0.4, -0.2) is 19.1 Å². The van der Waals surface area contributed by atoms with Crippen molar-refractivity contribution in [2.75, 3.05) is 7.11 Å². The molecule has 24 heavy (non-hydrogen) atoms. The molecule has 1 aromatic heterocycles. The number of fused-ring (bicyclic) bond motifs is 1. The second-order valence-electron chi connectivity index (χ2n) is 5.67. The molecular weight excluding hydrogens is 370 g/mol. The van der Waals surface area contributed by atoms with Crippen LogP contribution in [0.2, 0.25) is 0 Å². The molecule has 0 unspecified atom stereocenters. The Kier molecular flexibility index (Phi) is 4.90. The lowest BCUT2D eigenvalue weighted by atomic mass is 10.1. The highest BCUT2D eigenvalue weighted by Crippen LogP contribution is 2.23. The Labute approximate surface area is 148 Å². The average molecular weight is 388 g/mol. The monoisotopic (exact) mass is 387 g/mol. The van der Waals surface area contributed by atoms with Gasteiger partial charge in [-0.05, 0) is 53.2 Å². The standard InChI is InChI=1S/C19H18BrNO3/c1-12(9-15-10-13-5-3-4-6-18(13)24-15)21-19(22)16-11-14(23-2)7-8-17(16)20/h3-8,10-12H,9H2,1-2H3,(H,21,22)/t12-/m1/s1. The lowest BCUT2D eigenvalue weighted by Gasteiger charge is -2.14. The summed E-state index contributed by atoms with van der Waals surface area (Å²) < 4.78 is 11.7. The predicted molar refractivity (Wildman–Crippen MR) is 97.5 cm³/mol. The van der Waals surface area contributed by atoms with E-state index >= 15 is 0 Å². The van der Waals surface area contributed by atoms with Crippen LogP contribution in [0.15, 0.2) is 57.4 Å². The first-order valence-corrected chi connectivity index (χ1v) is 8.48. The highest BCUT2D eigenvalue weighted by Gasteiger charge is 2.15. The van der Waals surface area contributed by atoms with E-state index in [-0.39, 0.29) is 11.9 Å². The summed E-state index contributed by atoms with van der Waals surface area (Å²) in [5, 5.41) is 4.07. The summed E-state index contributed by atoms with van der Waals surface area (Å²) in [5.41, 5.74) is 1.41. The van der Waals surface area contributed by atoms with E-state index in [1.54, 1.807) is 25.3 Å². The van der Waals surface area contributed by atoms with E-state index in [1.165, 1.54) is 0 Å². The maximum Gasteiger partial charge on any atom is 0.252 e. The third-order valence-electron chi connectivity index (χ3n) is 3.78. The number of rotatable bonds is 5. The number of hydrogen-bond acceptors (Lipinski definition) is 3. The van der Waals surface area contributed by atoms with Crippen molar-refractivity contribution in [2.45, 2.75) is 19.4 Å². The lowest BCUT2D eigenvalue weighted by molar-refractivity contribution is 0.0938. The summed E-state index contributed by atoms with van der Waals surface area (Å²) in [4.78, 5) is 12.5. The Morgan fingerprint density at radius 2 is 2.04 bits per heavy atom. The fraction of sp³-hybridized carbons (Fsp3) is 0.211. The van der Waals surface area contributed by atoms with Crippen LogP contribution in [0.5, 0.6) is 5.75 Å². The average Bonchev–Trinajstić information content (AvgIpc) is 2.97. The zero-order valence-corrected chi connectivity index (χ0v) is 15.1. The summed E-state index contributed by atoms with van der Waals surface area (Å²) in [6.45, 7) is 1.96. The van der Waals surface area contributed by atoms with Gasteiger partial charge in [0, 0.05) is 22.3 Å². The molecular formula is C19H18BrNO3. The van der Waals surface area contributed by atoms with Gasteiger partial charge < -0.3 is 14.5 Å². The molecule has 1 amide bonds. The maximum absolute atomic E-state index is 12.5. The molecule has 0 spiro atoms. The molecule has 3 aromatic rings. The zero-order valence-electron chi connectivity index (χ0n) is 13.5. The summed E-state index contributed by atoms with van der Waals surface area (Å²) in [5.74, 6) is 1.35. The van der Waals surface area contributed by atoms with Crippen molar-refractivity contribution in [3.63, 3.8) is 0 Å². The largest absolute Gasteiger partial charge is 0.497 e. The highest BCUT2D eigenvalue weighted by molar-refractivity contribution is 9.10. The van der Waals surface area contributed by atoms with E-state index in [2.05, 4.69) is 21.2 Å². The molecule has 1 atom stereocenters. The van der Waals surface area contributed by atoms with E-state index in [4.69, 9.17) is 9.15 Å². The molecule has 0 saturated heterocycles. The second kappa shape index (κ2) is 7.09. The van der Waals surface area contributed by atoms with Crippen molar-refractivity contribution >= 4 is 32.8 Å². The van der Waals surface area contributed by atoms with Crippen molar-refractivity contribution < 1.29 is 13.9 Å². The maximum atomic E-state index is 12.5. The van der Waals surface area contributed by atoms with Crippen molar-refractivity contribution in [2.24, 2.45) is 0 Å². The van der Waals surface area contributed by atoms with Gasteiger partial charge in [-0.1, -0.05) is 18.2 Å². The van der Waals surface area contributed by atoms with Crippen molar-refractivity contribution in [1.29, 1.82) is 0 Å². The number of hydrogen-bond donors (Lipinski definition) is 1. The first-order valence-electron chi connectivity index (χ1n) is 7.68. The molecule has 4 nitrogen and oxygen atoms in total. The number of para-hydroxylation sites is 1. The predicted octanol–water partition coefficient (Wildman–Crippen LogP) is 4.56. The summed E-state index contributed by atoms with van der Waals surface area (Å²) in [7, 11) is 1.58. The van der Waals surface area contributed by atoms with Crippen LogP contribution in [0.1, 0.15) is 23.0 Å². The van der Waals surface area contributed by atoms with Crippen LogP contribution in [0.4, 0.5) is 0 Å². The number of methoxy groups -OCH3 is 1. The van der Waals surface area contributed by atoms with Crippen LogP contribution in [0, 0.1) is 0 Å². The second-order valence-corrected chi connectivity index (χ2v) is 6.53. The van der Waals surface area contributed by atoms with Crippen LogP contribution in [0.3, 0.4) is 0 Å². The van der Waals surface area contributed by atoms with Gasteiger partial charge in [0.1, 0.15) is 17.1 Å². The first-order chi connectivity index (χ1) is 11.6. The van der Waals surface area contributed by atoms with E-state index in [0.717, 1.165) is 21.2 Å². The molecule has 0 aliphatic rings. The normalized spacial score (nSPS) is 12.1. The number of carbonyl (C=O) groups excluding carboxylic acids is 1. The molecule has 0 aliphatic heterocycles. The van der Waals surface area contributed by atoms with Gasteiger partial charge in [-0.3, -0.25) is 4.79 Å². The van der Waals surface area contributed by atoms with Crippen molar-refractivity contribution in [3.8, 4) is 5.75 Å². The minimum Gasteiger partial charge on any atom is -0.497 e. The van der Waals surface area contributed by atoms with Crippen LogP contribution >= 0.6 is 15.9 Å². The van der Waals surface area contributed by atoms with Crippen LogP contribution in [-0.2, 0) is 6.42 Å². The minimum absolute atomic E-state index is 0.0591. The molecule has 2 aromatic carbocycles. The molecule has 5 heteroatoms. The number of nitrogens with one attached hydrogen (secondary N) is 1. The molecule has 3 rings (SSSR count). The lowest BCUT2D eigenvalue weighted by Crippen LogP contribution is -2.34. The molecule has 0 aliphatic carbocycles. The number of halogens is 1. The van der Waals surface area contributed by atoms with Gasteiger partial charge in [-0.2, -0.15) is 0 Å². The zero-order chi connectivity index (χ0) is 17.1. The van der Waals surface area contributed by atoms with E-state index in [1.807, 2.05) is 37.3 Å². The molecule has 0 radical (unpaired) electrons. The smallest absolute Gasteiger partial charge is 0.252 e. The quantitative estimate of drug-likeness (QED) is 0.697.